The Bertz CT molecular complexity index is 1120. The first-order valence-electron chi connectivity index (χ1n) is 8.96. The second-order valence-electron chi connectivity index (χ2n) is 7.01. The lowest BCUT2D eigenvalue weighted by atomic mass is 9.93. The number of allylic oxidation sites excluding steroid dienone is 4. The van der Waals surface area contributed by atoms with Crippen molar-refractivity contribution in [2.45, 2.75) is 26.3 Å². The molecule has 1 aliphatic carbocycles. The number of amides is 1. The number of benzene rings is 1. The van der Waals surface area contributed by atoms with Crippen LogP contribution in [0.15, 0.2) is 54.4 Å². The highest BCUT2D eigenvalue weighted by molar-refractivity contribution is 6.00. The van der Waals surface area contributed by atoms with Gasteiger partial charge < -0.3 is 10.3 Å². The van der Waals surface area contributed by atoms with E-state index in [2.05, 4.69) is 46.5 Å². The summed E-state index contributed by atoms with van der Waals surface area (Å²) in [5.74, 6) is 0.0147. The number of fused-ring (bicyclic) bond motifs is 2. The monoisotopic (exact) mass is 341 g/mol. The van der Waals surface area contributed by atoms with E-state index in [-0.39, 0.29) is 5.91 Å². The van der Waals surface area contributed by atoms with Crippen molar-refractivity contribution in [3.63, 3.8) is 0 Å². The van der Waals surface area contributed by atoms with Gasteiger partial charge >= 0.3 is 0 Å². The van der Waals surface area contributed by atoms with E-state index in [1.54, 1.807) is 0 Å². The molecular formula is C22H19N3O. The Morgan fingerprint density at radius 1 is 1.12 bits per heavy atom. The van der Waals surface area contributed by atoms with Crippen LogP contribution in [0.3, 0.4) is 0 Å². The summed E-state index contributed by atoms with van der Waals surface area (Å²) in [5.41, 5.74) is 8.79. The van der Waals surface area contributed by atoms with Gasteiger partial charge in [-0.15, -0.1) is 0 Å². The molecule has 0 bridgehead atoms. The lowest BCUT2D eigenvalue weighted by Crippen LogP contribution is -2.12. The van der Waals surface area contributed by atoms with Crippen LogP contribution in [-0.4, -0.2) is 15.9 Å². The summed E-state index contributed by atoms with van der Waals surface area (Å²) >= 11 is 0. The Morgan fingerprint density at radius 3 is 2.92 bits per heavy atom. The maximum atomic E-state index is 11.8. The number of rotatable bonds is 2. The first-order chi connectivity index (χ1) is 12.7. The van der Waals surface area contributed by atoms with Crippen molar-refractivity contribution >= 4 is 22.5 Å². The minimum Gasteiger partial charge on any atom is -0.348 e. The summed E-state index contributed by atoms with van der Waals surface area (Å²) in [6.45, 7) is 2.80. The van der Waals surface area contributed by atoms with E-state index in [4.69, 9.17) is 0 Å². The van der Waals surface area contributed by atoms with Gasteiger partial charge in [-0.3, -0.25) is 4.79 Å². The molecule has 0 fully saturated rings. The van der Waals surface area contributed by atoms with E-state index >= 15 is 0 Å². The van der Waals surface area contributed by atoms with Crippen LogP contribution in [-0.2, 0) is 6.54 Å². The van der Waals surface area contributed by atoms with Gasteiger partial charge in [-0.25, -0.2) is 4.98 Å². The number of hydrogen-bond donors (Lipinski definition) is 2. The van der Waals surface area contributed by atoms with E-state index in [1.165, 1.54) is 11.1 Å². The van der Waals surface area contributed by atoms with Crippen LogP contribution in [0, 0.1) is 0 Å². The Balaban J connectivity index is 1.64. The van der Waals surface area contributed by atoms with Crippen molar-refractivity contribution < 1.29 is 4.79 Å². The Hall–Kier alpha value is -3.14. The topological polar surface area (TPSA) is 57.8 Å². The predicted octanol–water partition coefficient (Wildman–Crippen LogP) is 4.60. The molecule has 0 saturated heterocycles. The third kappa shape index (κ3) is 2.30. The smallest absolute Gasteiger partial charge is 0.251 e. The summed E-state index contributed by atoms with van der Waals surface area (Å²) in [6, 6.07) is 8.26. The zero-order valence-electron chi connectivity index (χ0n) is 14.6. The molecule has 0 unspecified atom stereocenters. The summed E-state index contributed by atoms with van der Waals surface area (Å²) in [4.78, 5) is 19.7. The summed E-state index contributed by atoms with van der Waals surface area (Å²) < 4.78 is 0. The van der Waals surface area contributed by atoms with Crippen molar-refractivity contribution in [3.05, 3.63) is 71.1 Å². The van der Waals surface area contributed by atoms with Crippen molar-refractivity contribution in [1.29, 1.82) is 0 Å². The molecule has 5 rings (SSSR count). The number of carbonyl (C=O) groups excluding carboxylic acids is 1. The van der Waals surface area contributed by atoms with Crippen molar-refractivity contribution in [1.82, 2.24) is 15.3 Å². The van der Waals surface area contributed by atoms with Gasteiger partial charge in [0, 0.05) is 41.0 Å². The standard InChI is InChI=1S/C22H19N3O/c1-13-4-2-3-5-17(13)16-9-19-20(12-24-21(19)23-10-16)14-6-7-18-15(8-14)11-25-22(18)26/h3,5-10,12H,2,4,11H2,1H3,(H,23,24)(H,25,26). The molecule has 1 aromatic carbocycles. The number of pyridine rings is 1. The number of nitrogens with zero attached hydrogens (tertiary/aromatic N) is 1. The third-order valence-electron chi connectivity index (χ3n) is 5.37. The minimum atomic E-state index is 0.0147. The fourth-order valence-electron chi connectivity index (χ4n) is 3.91. The van der Waals surface area contributed by atoms with Crippen LogP contribution >= 0.6 is 0 Å². The van der Waals surface area contributed by atoms with Crippen LogP contribution < -0.4 is 5.32 Å². The molecule has 3 heterocycles. The molecular weight excluding hydrogens is 322 g/mol. The normalized spacial score (nSPS) is 16.3. The molecule has 4 heteroatoms. The van der Waals surface area contributed by atoms with Gasteiger partial charge in [-0.1, -0.05) is 23.8 Å². The maximum Gasteiger partial charge on any atom is 0.251 e. The highest BCUT2D eigenvalue weighted by atomic mass is 16.1. The molecule has 1 aliphatic heterocycles. The minimum absolute atomic E-state index is 0.0147. The summed E-state index contributed by atoms with van der Waals surface area (Å²) in [6.07, 6.45) is 10.6. The highest BCUT2D eigenvalue weighted by Gasteiger charge is 2.20. The third-order valence-corrected chi connectivity index (χ3v) is 5.37. The van der Waals surface area contributed by atoms with Crippen LogP contribution in [0.5, 0.6) is 0 Å². The Morgan fingerprint density at radius 2 is 2.04 bits per heavy atom. The number of carbonyl (C=O) groups is 1. The van der Waals surface area contributed by atoms with Crippen LogP contribution in [0.25, 0.3) is 27.7 Å². The molecule has 3 aromatic rings. The first-order valence-corrected chi connectivity index (χ1v) is 8.96. The molecule has 1 amide bonds. The zero-order chi connectivity index (χ0) is 17.7. The van der Waals surface area contributed by atoms with E-state index < -0.39 is 0 Å². The molecule has 128 valence electrons. The van der Waals surface area contributed by atoms with Gasteiger partial charge in [0.25, 0.3) is 5.91 Å². The van der Waals surface area contributed by atoms with E-state index in [1.807, 2.05) is 24.5 Å². The van der Waals surface area contributed by atoms with Gasteiger partial charge in [-0.05, 0) is 54.7 Å². The molecule has 0 saturated carbocycles. The average Bonchev–Trinajstić information content (AvgIpc) is 3.25. The van der Waals surface area contributed by atoms with Crippen molar-refractivity contribution in [2.75, 3.05) is 0 Å². The second kappa shape index (κ2) is 5.70. The highest BCUT2D eigenvalue weighted by Crippen LogP contribution is 2.33. The number of aromatic amines is 1. The Kier molecular flexibility index (Phi) is 3.32. The largest absolute Gasteiger partial charge is 0.348 e. The molecule has 4 nitrogen and oxygen atoms in total. The second-order valence-corrected chi connectivity index (χ2v) is 7.01. The SMILES string of the molecule is CC1=C(c2cnc3[nH]cc(-c4ccc5c(c4)CNC5=O)c3c2)C=CCC1. The number of nitrogens with one attached hydrogen (secondary N) is 2. The molecule has 2 N–H and O–H groups in total. The predicted molar refractivity (Wildman–Crippen MR) is 104 cm³/mol. The van der Waals surface area contributed by atoms with Crippen LogP contribution in [0.4, 0.5) is 0 Å². The van der Waals surface area contributed by atoms with Gasteiger partial charge in [0.05, 0.1) is 0 Å². The van der Waals surface area contributed by atoms with Gasteiger partial charge in [0.1, 0.15) is 5.65 Å². The van der Waals surface area contributed by atoms with Gasteiger partial charge in [-0.2, -0.15) is 0 Å². The molecule has 2 aliphatic rings. The molecule has 2 aromatic heterocycles. The lowest BCUT2D eigenvalue weighted by Gasteiger charge is -2.12. The zero-order valence-corrected chi connectivity index (χ0v) is 14.6. The molecule has 0 radical (unpaired) electrons. The fourth-order valence-corrected chi connectivity index (χ4v) is 3.91. The van der Waals surface area contributed by atoms with E-state index in [9.17, 15) is 4.79 Å². The van der Waals surface area contributed by atoms with Gasteiger partial charge in [0.15, 0.2) is 0 Å². The van der Waals surface area contributed by atoms with Crippen LogP contribution in [0.2, 0.25) is 0 Å². The number of aromatic nitrogens is 2. The summed E-state index contributed by atoms with van der Waals surface area (Å²) in [5, 5.41) is 3.99. The fraction of sp³-hybridized carbons (Fsp3) is 0.182. The lowest BCUT2D eigenvalue weighted by molar-refractivity contribution is 0.0966. The molecule has 0 atom stereocenters. The van der Waals surface area contributed by atoms with Gasteiger partial charge in [0.2, 0.25) is 0 Å². The maximum absolute atomic E-state index is 11.8. The Labute approximate surface area is 151 Å². The number of hydrogen-bond acceptors (Lipinski definition) is 2. The van der Waals surface area contributed by atoms with E-state index in [0.29, 0.717) is 6.54 Å². The summed E-state index contributed by atoms with van der Waals surface area (Å²) in [7, 11) is 0. The molecule has 26 heavy (non-hydrogen) atoms. The average molecular weight is 341 g/mol. The van der Waals surface area contributed by atoms with Crippen molar-refractivity contribution in [3.8, 4) is 11.1 Å². The quantitative estimate of drug-likeness (QED) is 0.716. The van der Waals surface area contributed by atoms with Crippen molar-refractivity contribution in [2.24, 2.45) is 0 Å². The number of H-pyrrole nitrogens is 1. The van der Waals surface area contributed by atoms with Crippen LogP contribution in [0.1, 0.15) is 41.3 Å². The first kappa shape index (κ1) is 15.1. The molecule has 0 spiro atoms. The van der Waals surface area contributed by atoms with E-state index in [0.717, 1.165) is 51.7 Å².